The highest BCUT2D eigenvalue weighted by atomic mass is 16.2. The smallest absolute Gasteiger partial charge is 0.315 e. The van der Waals surface area contributed by atoms with Crippen LogP contribution in [0.25, 0.3) is 0 Å². The van der Waals surface area contributed by atoms with Gasteiger partial charge in [-0.2, -0.15) is 0 Å². The summed E-state index contributed by atoms with van der Waals surface area (Å²) in [7, 11) is 0. The van der Waals surface area contributed by atoms with Crippen LogP contribution in [0.1, 0.15) is 66.4 Å². The molecule has 1 saturated heterocycles. The van der Waals surface area contributed by atoms with Gasteiger partial charge in [-0.05, 0) is 67.5 Å². The highest BCUT2D eigenvalue weighted by molar-refractivity contribution is 5.94. The molecule has 0 atom stereocenters. The molecule has 180 valence electrons. The highest BCUT2D eigenvalue weighted by Gasteiger charge is 2.26. The fraction of sp³-hybridized carbons (Fsp3) is 0.500. The summed E-state index contributed by atoms with van der Waals surface area (Å²) in [5.74, 6) is 0.0839. The van der Waals surface area contributed by atoms with Gasteiger partial charge < -0.3 is 20.4 Å². The molecule has 0 aromatic heterocycles. The lowest BCUT2D eigenvalue weighted by molar-refractivity contribution is 0.0708. The van der Waals surface area contributed by atoms with Crippen LogP contribution in [0.5, 0.6) is 0 Å². The molecule has 34 heavy (non-hydrogen) atoms. The zero-order chi connectivity index (χ0) is 23.3. The second kappa shape index (κ2) is 10.5. The lowest BCUT2D eigenvalue weighted by Gasteiger charge is -2.33. The van der Waals surface area contributed by atoms with Gasteiger partial charge in [-0.1, -0.05) is 43.5 Å². The summed E-state index contributed by atoms with van der Waals surface area (Å²) >= 11 is 0. The first-order valence-electron chi connectivity index (χ1n) is 12.9. The topological polar surface area (TPSA) is 64.7 Å². The molecule has 3 aliphatic rings. The molecule has 0 unspecified atom stereocenters. The molecule has 2 heterocycles. The maximum atomic E-state index is 13.1. The van der Waals surface area contributed by atoms with Gasteiger partial charge in [-0.15, -0.1) is 0 Å². The van der Waals surface area contributed by atoms with Crippen LogP contribution in [0.2, 0.25) is 0 Å². The predicted molar refractivity (Wildman–Crippen MR) is 135 cm³/mol. The van der Waals surface area contributed by atoms with E-state index >= 15 is 0 Å². The molecule has 2 N–H and O–H groups in total. The van der Waals surface area contributed by atoms with Gasteiger partial charge >= 0.3 is 6.03 Å². The largest absolute Gasteiger partial charge is 0.367 e. The van der Waals surface area contributed by atoms with Crippen LogP contribution < -0.4 is 15.5 Å². The Morgan fingerprint density at radius 1 is 0.735 bits per heavy atom. The number of fused-ring (bicyclic) bond motifs is 1. The van der Waals surface area contributed by atoms with E-state index < -0.39 is 0 Å². The Bertz CT molecular complexity index is 992. The maximum Gasteiger partial charge on any atom is 0.315 e. The molecule has 3 amide bonds. The van der Waals surface area contributed by atoms with E-state index in [1.807, 2.05) is 17.0 Å². The number of carbonyl (C=O) groups excluding carboxylic acids is 2. The average molecular weight is 461 g/mol. The number of likely N-dealkylation sites (tertiary alicyclic amines) is 1. The molecule has 0 bridgehead atoms. The first-order chi connectivity index (χ1) is 16.7. The van der Waals surface area contributed by atoms with E-state index in [-0.39, 0.29) is 18.0 Å². The minimum absolute atomic E-state index is 0.0485. The van der Waals surface area contributed by atoms with Crippen molar-refractivity contribution < 1.29 is 9.59 Å². The first-order valence-corrected chi connectivity index (χ1v) is 12.9. The van der Waals surface area contributed by atoms with Crippen molar-refractivity contribution in [2.24, 2.45) is 0 Å². The molecule has 1 saturated carbocycles. The Hall–Kier alpha value is -3.02. The number of carbonyl (C=O) groups is 2. The van der Waals surface area contributed by atoms with Crippen LogP contribution in [0, 0.1) is 0 Å². The number of amides is 3. The lowest BCUT2D eigenvalue weighted by Crippen LogP contribution is -2.51. The van der Waals surface area contributed by atoms with Crippen molar-refractivity contribution in [1.82, 2.24) is 15.5 Å². The standard InChI is InChI=1S/C28H36N4O2/c33-27(31-18-15-25(16-19-31)30-28(34)29-24-8-2-1-3-9-24)22-10-12-26(13-11-22)32-17-14-21-6-4-5-7-23(21)20-32/h4-7,10-13,24-25H,1-3,8-9,14-20H2,(H2,29,30,34). The van der Waals surface area contributed by atoms with Gasteiger partial charge in [0.2, 0.25) is 0 Å². The lowest BCUT2D eigenvalue weighted by atomic mass is 9.96. The molecule has 1 aliphatic carbocycles. The number of urea groups is 1. The zero-order valence-corrected chi connectivity index (χ0v) is 20.0. The van der Waals surface area contributed by atoms with Crippen LogP contribution in [-0.2, 0) is 13.0 Å². The van der Waals surface area contributed by atoms with Crippen LogP contribution >= 0.6 is 0 Å². The van der Waals surface area contributed by atoms with Gasteiger partial charge in [0.05, 0.1) is 0 Å². The van der Waals surface area contributed by atoms with E-state index in [1.165, 1.54) is 30.4 Å². The third-order valence-corrected chi connectivity index (χ3v) is 7.67. The molecular formula is C28H36N4O2. The second-order valence-electron chi connectivity index (χ2n) is 10.0. The molecule has 2 aromatic rings. The Morgan fingerprint density at radius 2 is 1.38 bits per heavy atom. The average Bonchev–Trinajstić information content (AvgIpc) is 2.89. The fourth-order valence-corrected chi connectivity index (χ4v) is 5.60. The third-order valence-electron chi connectivity index (χ3n) is 7.67. The Balaban J connectivity index is 1.10. The number of nitrogens with zero attached hydrogens (tertiary/aromatic N) is 2. The molecule has 2 aromatic carbocycles. The monoisotopic (exact) mass is 460 g/mol. The van der Waals surface area contributed by atoms with Crippen molar-refractivity contribution >= 4 is 17.6 Å². The molecule has 6 nitrogen and oxygen atoms in total. The van der Waals surface area contributed by atoms with Gasteiger partial charge in [0.1, 0.15) is 0 Å². The van der Waals surface area contributed by atoms with Gasteiger partial charge in [0.25, 0.3) is 5.91 Å². The van der Waals surface area contributed by atoms with Gasteiger partial charge in [0, 0.05) is 49.5 Å². The van der Waals surface area contributed by atoms with Crippen molar-refractivity contribution in [1.29, 1.82) is 0 Å². The van der Waals surface area contributed by atoms with Crippen LogP contribution in [0.4, 0.5) is 10.5 Å². The fourth-order valence-electron chi connectivity index (χ4n) is 5.60. The molecule has 2 aliphatic heterocycles. The molecule has 0 spiro atoms. The Labute approximate surface area is 202 Å². The van der Waals surface area contributed by atoms with Crippen molar-refractivity contribution in [3.05, 3.63) is 65.2 Å². The van der Waals surface area contributed by atoms with Crippen molar-refractivity contribution in [3.8, 4) is 0 Å². The van der Waals surface area contributed by atoms with Crippen LogP contribution in [-0.4, -0.2) is 48.6 Å². The third kappa shape index (κ3) is 5.37. The summed E-state index contributed by atoms with van der Waals surface area (Å²) < 4.78 is 0. The SMILES string of the molecule is O=C(NC1CCCCC1)NC1CCN(C(=O)c2ccc(N3CCc4ccccc4C3)cc2)CC1. The normalized spacial score (nSPS) is 19.4. The molecule has 0 radical (unpaired) electrons. The summed E-state index contributed by atoms with van der Waals surface area (Å²) in [5, 5.41) is 6.25. The number of hydrogen-bond acceptors (Lipinski definition) is 3. The van der Waals surface area contributed by atoms with E-state index in [1.54, 1.807) is 0 Å². The summed E-state index contributed by atoms with van der Waals surface area (Å²) in [5.41, 5.74) is 4.73. The van der Waals surface area contributed by atoms with Gasteiger partial charge in [0.15, 0.2) is 0 Å². The number of benzene rings is 2. The first kappa shape index (κ1) is 22.8. The number of nitrogens with one attached hydrogen (secondary N) is 2. The minimum Gasteiger partial charge on any atom is -0.367 e. The summed E-state index contributed by atoms with van der Waals surface area (Å²) in [6.45, 7) is 3.27. The van der Waals surface area contributed by atoms with E-state index in [4.69, 9.17) is 0 Å². The number of rotatable bonds is 4. The number of piperidine rings is 1. The summed E-state index contributed by atoms with van der Waals surface area (Å²) in [6, 6.07) is 17.1. The van der Waals surface area contributed by atoms with Crippen molar-refractivity contribution in [2.45, 2.75) is 70.0 Å². The van der Waals surface area contributed by atoms with Crippen LogP contribution in [0.3, 0.4) is 0 Å². The minimum atomic E-state index is -0.0485. The Morgan fingerprint density at radius 3 is 2.09 bits per heavy atom. The molecule has 2 fully saturated rings. The highest BCUT2D eigenvalue weighted by Crippen LogP contribution is 2.25. The quantitative estimate of drug-likeness (QED) is 0.707. The number of anilines is 1. The zero-order valence-electron chi connectivity index (χ0n) is 20.0. The van der Waals surface area contributed by atoms with Crippen molar-refractivity contribution in [2.75, 3.05) is 24.5 Å². The Kier molecular flexibility index (Phi) is 7.02. The maximum absolute atomic E-state index is 13.1. The summed E-state index contributed by atoms with van der Waals surface area (Å²) in [4.78, 5) is 29.7. The van der Waals surface area contributed by atoms with E-state index in [0.29, 0.717) is 19.1 Å². The predicted octanol–water partition coefficient (Wildman–Crippen LogP) is 4.49. The molecular weight excluding hydrogens is 424 g/mol. The van der Waals surface area contributed by atoms with E-state index in [0.717, 1.165) is 56.4 Å². The van der Waals surface area contributed by atoms with E-state index in [9.17, 15) is 9.59 Å². The van der Waals surface area contributed by atoms with Crippen LogP contribution in [0.15, 0.2) is 48.5 Å². The molecule has 5 rings (SSSR count). The second-order valence-corrected chi connectivity index (χ2v) is 10.0. The number of hydrogen-bond donors (Lipinski definition) is 2. The van der Waals surface area contributed by atoms with Gasteiger partial charge in [-0.3, -0.25) is 4.79 Å². The van der Waals surface area contributed by atoms with Crippen molar-refractivity contribution in [3.63, 3.8) is 0 Å². The van der Waals surface area contributed by atoms with Gasteiger partial charge in [-0.25, -0.2) is 4.79 Å². The van der Waals surface area contributed by atoms with E-state index in [2.05, 4.69) is 51.9 Å². The molecule has 6 heteroatoms. The summed E-state index contributed by atoms with van der Waals surface area (Å²) in [6.07, 6.45) is 8.52.